The third kappa shape index (κ3) is 4.40. The fraction of sp³-hybridized carbons (Fsp3) is 0.292. The van der Waals surface area contributed by atoms with Crippen molar-refractivity contribution in [3.63, 3.8) is 0 Å². The van der Waals surface area contributed by atoms with Crippen LogP contribution in [0.4, 0.5) is 0 Å². The number of fused-ring (bicyclic) bond motifs is 1. The number of aromatic amines is 1. The van der Waals surface area contributed by atoms with E-state index in [2.05, 4.69) is 20.3 Å². The summed E-state index contributed by atoms with van der Waals surface area (Å²) in [6.07, 6.45) is 2.05. The van der Waals surface area contributed by atoms with E-state index < -0.39 is 0 Å². The van der Waals surface area contributed by atoms with Crippen LogP contribution >= 0.6 is 0 Å². The van der Waals surface area contributed by atoms with Gasteiger partial charge in [-0.2, -0.15) is 10.1 Å². The average Bonchev–Trinajstić information content (AvgIpc) is 3.52. The molecule has 9 nitrogen and oxygen atoms in total. The number of nitrogens with one attached hydrogen (secondary N) is 1. The van der Waals surface area contributed by atoms with Gasteiger partial charge in [-0.3, -0.25) is 9.59 Å². The van der Waals surface area contributed by atoms with E-state index in [4.69, 9.17) is 9.26 Å². The Hall–Kier alpha value is -3.85. The fourth-order valence-corrected chi connectivity index (χ4v) is 4.11. The summed E-state index contributed by atoms with van der Waals surface area (Å²) in [5, 5.41) is 11.5. The van der Waals surface area contributed by atoms with Crippen LogP contribution in [0.3, 0.4) is 0 Å². The lowest BCUT2D eigenvalue weighted by Crippen LogP contribution is -2.32. The maximum atomic E-state index is 13.3. The molecule has 0 bridgehead atoms. The summed E-state index contributed by atoms with van der Waals surface area (Å²) in [5.74, 6) is 0.688. The van der Waals surface area contributed by atoms with Gasteiger partial charge in [0, 0.05) is 18.4 Å². The minimum absolute atomic E-state index is 0.214. The van der Waals surface area contributed by atoms with E-state index >= 15 is 0 Å². The minimum atomic E-state index is -0.323. The van der Waals surface area contributed by atoms with Crippen LogP contribution in [0.25, 0.3) is 10.8 Å². The largest absolute Gasteiger partial charge is 0.376 e. The summed E-state index contributed by atoms with van der Waals surface area (Å²) >= 11 is 0. The van der Waals surface area contributed by atoms with Crippen LogP contribution in [0.2, 0.25) is 0 Å². The SMILES string of the molecule is O=C(c1n[nH]c(=O)c2ccccc12)N1CCCC1c1nc(CCOCc2ccccc2)no1. The van der Waals surface area contributed by atoms with E-state index in [9.17, 15) is 9.59 Å². The first-order chi connectivity index (χ1) is 16.2. The molecule has 4 aromatic rings. The predicted octanol–water partition coefficient (Wildman–Crippen LogP) is 3.04. The first-order valence-corrected chi connectivity index (χ1v) is 10.9. The van der Waals surface area contributed by atoms with Crippen molar-refractivity contribution in [2.75, 3.05) is 13.2 Å². The lowest BCUT2D eigenvalue weighted by atomic mass is 10.1. The topological polar surface area (TPSA) is 114 Å². The molecule has 1 atom stereocenters. The predicted molar refractivity (Wildman–Crippen MR) is 119 cm³/mol. The molecule has 1 amide bonds. The molecule has 1 aliphatic heterocycles. The Morgan fingerprint density at radius 3 is 2.76 bits per heavy atom. The molecule has 0 aliphatic carbocycles. The third-order valence-electron chi connectivity index (χ3n) is 5.76. The van der Waals surface area contributed by atoms with Gasteiger partial charge >= 0.3 is 0 Å². The second-order valence-electron chi connectivity index (χ2n) is 7.94. The number of amides is 1. The van der Waals surface area contributed by atoms with Gasteiger partial charge in [0.1, 0.15) is 6.04 Å². The zero-order valence-corrected chi connectivity index (χ0v) is 17.9. The van der Waals surface area contributed by atoms with Gasteiger partial charge in [-0.25, -0.2) is 5.10 Å². The molecule has 2 aromatic heterocycles. The van der Waals surface area contributed by atoms with Gasteiger partial charge in [0.15, 0.2) is 11.5 Å². The summed E-state index contributed by atoms with van der Waals surface area (Å²) < 4.78 is 11.2. The molecule has 0 saturated carbocycles. The molecular weight excluding hydrogens is 422 g/mol. The monoisotopic (exact) mass is 445 g/mol. The van der Waals surface area contributed by atoms with E-state index in [1.807, 2.05) is 30.3 Å². The lowest BCUT2D eigenvalue weighted by Gasteiger charge is -2.21. The molecule has 1 fully saturated rings. The second kappa shape index (κ2) is 9.33. The third-order valence-corrected chi connectivity index (χ3v) is 5.76. The molecule has 33 heavy (non-hydrogen) atoms. The van der Waals surface area contributed by atoms with Crippen LogP contribution in [0.1, 0.15) is 46.7 Å². The second-order valence-corrected chi connectivity index (χ2v) is 7.94. The highest BCUT2D eigenvalue weighted by atomic mass is 16.5. The van der Waals surface area contributed by atoms with Crippen molar-refractivity contribution in [2.24, 2.45) is 0 Å². The molecule has 2 aromatic carbocycles. The molecule has 0 radical (unpaired) electrons. The van der Waals surface area contributed by atoms with Crippen molar-refractivity contribution in [2.45, 2.75) is 31.9 Å². The highest BCUT2D eigenvalue weighted by molar-refractivity contribution is 6.04. The first kappa shape index (κ1) is 21.0. The van der Waals surface area contributed by atoms with Crippen LogP contribution in [0, 0.1) is 0 Å². The van der Waals surface area contributed by atoms with E-state index in [1.165, 1.54) is 0 Å². The zero-order chi connectivity index (χ0) is 22.6. The van der Waals surface area contributed by atoms with E-state index in [-0.39, 0.29) is 23.2 Å². The van der Waals surface area contributed by atoms with Crippen LogP contribution in [-0.4, -0.2) is 44.3 Å². The molecule has 168 valence electrons. The first-order valence-electron chi connectivity index (χ1n) is 10.9. The molecule has 9 heteroatoms. The lowest BCUT2D eigenvalue weighted by molar-refractivity contribution is 0.0705. The summed E-state index contributed by atoms with van der Waals surface area (Å²) in [6, 6.07) is 16.6. The number of ether oxygens (including phenoxy) is 1. The van der Waals surface area contributed by atoms with E-state index in [1.54, 1.807) is 29.2 Å². The van der Waals surface area contributed by atoms with Crippen LogP contribution in [0.5, 0.6) is 0 Å². The Kier molecular flexibility index (Phi) is 5.95. The van der Waals surface area contributed by atoms with E-state index in [0.29, 0.717) is 48.7 Å². The number of carbonyl (C=O) groups excluding carboxylic acids is 1. The van der Waals surface area contributed by atoms with Crippen molar-refractivity contribution < 1.29 is 14.1 Å². The summed E-state index contributed by atoms with van der Waals surface area (Å²) in [6.45, 7) is 1.54. The molecule has 1 unspecified atom stereocenters. The maximum Gasteiger partial charge on any atom is 0.275 e. The van der Waals surface area contributed by atoms with Crippen molar-refractivity contribution in [1.82, 2.24) is 25.2 Å². The smallest absolute Gasteiger partial charge is 0.275 e. The molecule has 5 rings (SSSR count). The van der Waals surface area contributed by atoms with Crippen LogP contribution in [-0.2, 0) is 17.8 Å². The zero-order valence-electron chi connectivity index (χ0n) is 17.9. The van der Waals surface area contributed by atoms with Crippen LogP contribution in [0.15, 0.2) is 63.9 Å². The highest BCUT2D eigenvalue weighted by Crippen LogP contribution is 2.32. The summed E-state index contributed by atoms with van der Waals surface area (Å²) in [7, 11) is 0. The van der Waals surface area contributed by atoms with Crippen molar-refractivity contribution in [1.29, 1.82) is 0 Å². The quantitative estimate of drug-likeness (QED) is 0.435. The van der Waals surface area contributed by atoms with Gasteiger partial charge in [0.2, 0.25) is 5.89 Å². The summed E-state index contributed by atoms with van der Waals surface area (Å²) in [5.41, 5.74) is 0.997. The number of H-pyrrole nitrogens is 1. The number of benzene rings is 2. The molecule has 1 N–H and O–H groups in total. The standard InChI is InChI=1S/C24H23N5O4/c30-22-18-10-5-4-9-17(18)21(26-27-22)24(31)29-13-6-11-19(29)23-25-20(28-33-23)12-14-32-15-16-7-2-1-3-8-16/h1-5,7-10,19H,6,11-15H2,(H,27,30). The number of hydrogen-bond donors (Lipinski definition) is 1. The van der Waals surface area contributed by atoms with Gasteiger partial charge in [-0.15, -0.1) is 0 Å². The Morgan fingerprint density at radius 2 is 1.91 bits per heavy atom. The Morgan fingerprint density at radius 1 is 1.12 bits per heavy atom. The molecular formula is C24H23N5O4. The van der Waals surface area contributed by atoms with Crippen molar-refractivity contribution >= 4 is 16.7 Å². The van der Waals surface area contributed by atoms with Gasteiger partial charge in [0.25, 0.3) is 11.5 Å². The maximum absolute atomic E-state index is 13.3. The number of rotatable bonds is 7. The Bertz CT molecular complexity index is 1320. The van der Waals surface area contributed by atoms with Crippen molar-refractivity contribution in [3.05, 3.63) is 87.9 Å². The number of likely N-dealkylation sites (tertiary alicyclic amines) is 1. The number of hydrogen-bond acceptors (Lipinski definition) is 7. The van der Waals surface area contributed by atoms with Crippen molar-refractivity contribution in [3.8, 4) is 0 Å². The van der Waals surface area contributed by atoms with Gasteiger partial charge in [-0.05, 0) is 24.5 Å². The minimum Gasteiger partial charge on any atom is -0.376 e. The molecule has 1 aliphatic rings. The van der Waals surface area contributed by atoms with Gasteiger partial charge < -0.3 is 14.2 Å². The van der Waals surface area contributed by atoms with Crippen LogP contribution < -0.4 is 5.56 Å². The molecule has 0 spiro atoms. The fourth-order valence-electron chi connectivity index (χ4n) is 4.11. The number of nitrogens with zero attached hydrogens (tertiary/aromatic N) is 4. The Balaban J connectivity index is 1.27. The summed E-state index contributed by atoms with van der Waals surface area (Å²) in [4.78, 5) is 31.6. The van der Waals surface area contributed by atoms with E-state index in [0.717, 1.165) is 18.4 Å². The highest BCUT2D eigenvalue weighted by Gasteiger charge is 2.35. The number of aromatic nitrogens is 4. The Labute approximate surface area is 189 Å². The normalized spacial score (nSPS) is 15.9. The van der Waals surface area contributed by atoms with Gasteiger partial charge in [0.05, 0.1) is 18.6 Å². The molecule has 3 heterocycles. The molecule has 1 saturated heterocycles. The average molecular weight is 445 g/mol. The number of carbonyl (C=O) groups is 1. The van der Waals surface area contributed by atoms with Gasteiger partial charge in [-0.1, -0.05) is 53.7 Å².